The second-order valence-corrected chi connectivity index (χ2v) is 12.4. The summed E-state index contributed by atoms with van der Waals surface area (Å²) in [6, 6.07) is 21.2. The van der Waals surface area contributed by atoms with Crippen molar-refractivity contribution in [3.8, 4) is 0 Å². The van der Waals surface area contributed by atoms with Gasteiger partial charge in [-0.25, -0.2) is 9.78 Å². The fraction of sp³-hybridized carbons (Fsp3) is 0.371. The number of ketones is 1. The number of benzene rings is 2. The highest BCUT2D eigenvalue weighted by molar-refractivity contribution is 5.96. The minimum absolute atomic E-state index is 0.0306. The molecule has 5 aromatic rings. The number of rotatable bonds is 7. The fourth-order valence-electron chi connectivity index (χ4n) is 6.95. The Bertz CT molecular complexity index is 1930. The molecule has 0 spiro atoms. The number of alkyl halides is 3. The predicted octanol–water partition coefficient (Wildman–Crippen LogP) is 6.39. The quantitative estimate of drug-likeness (QED) is 0.190. The first-order valence-corrected chi connectivity index (χ1v) is 15.9. The zero-order valence-corrected chi connectivity index (χ0v) is 26.0. The molecule has 2 aliphatic rings. The largest absolute Gasteiger partial charge is 0.437 e. The highest BCUT2D eigenvalue weighted by Gasteiger charge is 2.42. The van der Waals surface area contributed by atoms with Crippen LogP contribution in [-0.4, -0.2) is 51.1 Å². The molecule has 2 fully saturated rings. The summed E-state index contributed by atoms with van der Waals surface area (Å²) in [7, 11) is 1.79. The van der Waals surface area contributed by atoms with Gasteiger partial charge in [-0.1, -0.05) is 48.5 Å². The molecule has 3 aromatic heterocycles. The Morgan fingerprint density at radius 1 is 0.872 bits per heavy atom. The van der Waals surface area contributed by atoms with Crippen molar-refractivity contribution in [2.75, 3.05) is 36.0 Å². The number of Topliss-reactive ketones (excluding diaryl/α,β-unsaturated/α-hetero) is 1. The van der Waals surface area contributed by atoms with Crippen molar-refractivity contribution >= 4 is 28.6 Å². The third-order valence-corrected chi connectivity index (χ3v) is 9.50. The minimum atomic E-state index is -4.83. The molecule has 9 nitrogen and oxygen atoms in total. The standard InChI is InChI=1S/C35H35F3N6O3/c1-41-27-9-5-6-10-28(27)44(34(41)46)26-15-19-42(20-16-26)30-12-11-23(22-39-30)21-29(45)31-32(35(36,37)38)40-33(47-31)43-17-13-25(14-18-43)24-7-3-2-4-8-24/h2-12,22,25-26H,13-21H2,1H3. The molecule has 2 saturated heterocycles. The number of piperidine rings is 2. The molecule has 0 saturated carbocycles. The molecule has 0 amide bonds. The van der Waals surface area contributed by atoms with Crippen molar-refractivity contribution in [1.29, 1.82) is 0 Å². The SMILES string of the molecule is Cn1c(=O)n(C2CCN(c3ccc(CC(=O)c4oc(N5CCC(c6ccccc6)CC5)nc4C(F)(F)F)cn3)CC2)c2ccccc21. The number of oxazole rings is 1. The van der Waals surface area contributed by atoms with Crippen LogP contribution < -0.4 is 15.5 Å². The van der Waals surface area contributed by atoms with Crippen LogP contribution in [0.3, 0.4) is 0 Å². The number of carbonyl (C=O) groups excluding carboxylic acids is 1. The first-order valence-electron chi connectivity index (χ1n) is 15.9. The summed E-state index contributed by atoms with van der Waals surface area (Å²) >= 11 is 0. The molecule has 244 valence electrons. The lowest BCUT2D eigenvalue weighted by Gasteiger charge is -2.33. The Morgan fingerprint density at radius 2 is 1.53 bits per heavy atom. The molecule has 0 bridgehead atoms. The van der Waals surface area contributed by atoms with Crippen LogP contribution in [-0.2, 0) is 19.6 Å². The van der Waals surface area contributed by atoms with E-state index in [0.29, 0.717) is 43.5 Å². The summed E-state index contributed by atoms with van der Waals surface area (Å²) in [5.41, 5.74) is 2.18. The zero-order chi connectivity index (χ0) is 32.7. The van der Waals surface area contributed by atoms with Gasteiger partial charge in [0.2, 0.25) is 11.5 Å². The molecule has 47 heavy (non-hydrogen) atoms. The highest BCUT2D eigenvalue weighted by atomic mass is 19.4. The molecule has 0 radical (unpaired) electrons. The van der Waals surface area contributed by atoms with E-state index in [1.165, 1.54) is 11.8 Å². The van der Waals surface area contributed by atoms with Crippen LogP contribution in [0.4, 0.5) is 25.0 Å². The molecule has 0 unspecified atom stereocenters. The van der Waals surface area contributed by atoms with Gasteiger partial charge in [-0.15, -0.1) is 0 Å². The maximum absolute atomic E-state index is 14.0. The second kappa shape index (κ2) is 12.4. The number of nitrogens with zero attached hydrogens (tertiary/aromatic N) is 6. The number of pyridine rings is 1. The van der Waals surface area contributed by atoms with Crippen molar-refractivity contribution in [3.05, 3.63) is 106 Å². The predicted molar refractivity (Wildman–Crippen MR) is 172 cm³/mol. The molecular weight excluding hydrogens is 609 g/mol. The summed E-state index contributed by atoms with van der Waals surface area (Å²) in [6.45, 7) is 2.33. The Hall–Kier alpha value is -4.87. The van der Waals surface area contributed by atoms with E-state index in [4.69, 9.17) is 4.42 Å². The minimum Gasteiger partial charge on any atom is -0.420 e. The lowest BCUT2D eigenvalue weighted by Crippen LogP contribution is -2.38. The third kappa shape index (κ3) is 6.04. The van der Waals surface area contributed by atoms with Crippen molar-refractivity contribution in [3.63, 3.8) is 0 Å². The molecule has 5 heterocycles. The summed E-state index contributed by atoms with van der Waals surface area (Å²) in [4.78, 5) is 38.2. The van der Waals surface area contributed by atoms with Gasteiger partial charge in [0, 0.05) is 51.9 Å². The van der Waals surface area contributed by atoms with E-state index >= 15 is 0 Å². The number of para-hydroxylation sites is 2. The van der Waals surface area contributed by atoms with Crippen LogP contribution in [0.25, 0.3) is 11.0 Å². The maximum Gasteiger partial charge on any atom is 0.437 e. The molecule has 0 N–H and O–H groups in total. The third-order valence-electron chi connectivity index (χ3n) is 9.50. The number of halogens is 3. The van der Waals surface area contributed by atoms with E-state index in [1.807, 2.05) is 47.0 Å². The first-order chi connectivity index (χ1) is 22.7. The Labute approximate surface area is 269 Å². The van der Waals surface area contributed by atoms with E-state index in [1.54, 1.807) is 28.6 Å². The maximum atomic E-state index is 14.0. The molecular formula is C35H35F3N6O3. The van der Waals surface area contributed by atoms with Crippen LogP contribution >= 0.6 is 0 Å². The van der Waals surface area contributed by atoms with Crippen LogP contribution in [0.5, 0.6) is 0 Å². The number of aromatic nitrogens is 4. The molecule has 0 aliphatic carbocycles. The van der Waals surface area contributed by atoms with E-state index in [-0.39, 0.29) is 24.2 Å². The van der Waals surface area contributed by atoms with Crippen molar-refractivity contribution in [2.45, 2.75) is 50.2 Å². The number of hydrogen-bond acceptors (Lipinski definition) is 7. The van der Waals surface area contributed by atoms with Gasteiger partial charge >= 0.3 is 11.9 Å². The molecule has 7 rings (SSSR count). The van der Waals surface area contributed by atoms with E-state index in [0.717, 1.165) is 36.7 Å². The smallest absolute Gasteiger partial charge is 0.420 e. The van der Waals surface area contributed by atoms with Gasteiger partial charge in [0.05, 0.1) is 11.0 Å². The Kier molecular flexibility index (Phi) is 8.11. The highest BCUT2D eigenvalue weighted by Crippen LogP contribution is 2.37. The van der Waals surface area contributed by atoms with Gasteiger partial charge in [-0.2, -0.15) is 18.2 Å². The lowest BCUT2D eigenvalue weighted by atomic mass is 9.90. The van der Waals surface area contributed by atoms with Gasteiger partial charge in [0.25, 0.3) is 6.01 Å². The normalized spacial score (nSPS) is 16.7. The zero-order valence-electron chi connectivity index (χ0n) is 26.0. The number of imidazole rings is 1. The Balaban J connectivity index is 0.999. The van der Waals surface area contributed by atoms with E-state index < -0.39 is 23.4 Å². The lowest BCUT2D eigenvalue weighted by molar-refractivity contribution is -0.141. The van der Waals surface area contributed by atoms with Crippen molar-refractivity contribution in [2.24, 2.45) is 7.05 Å². The average molecular weight is 645 g/mol. The van der Waals surface area contributed by atoms with Crippen LogP contribution in [0.2, 0.25) is 0 Å². The topological polar surface area (TPSA) is 89.4 Å². The first kappa shape index (κ1) is 30.8. The molecule has 12 heteroatoms. The average Bonchev–Trinajstić information content (AvgIpc) is 3.66. The van der Waals surface area contributed by atoms with E-state index in [2.05, 4.69) is 27.0 Å². The number of anilines is 2. The second-order valence-electron chi connectivity index (χ2n) is 12.4. The molecule has 2 aromatic carbocycles. The summed E-state index contributed by atoms with van der Waals surface area (Å²) in [5, 5.41) is 0. The van der Waals surface area contributed by atoms with Gasteiger partial charge in [0.15, 0.2) is 5.69 Å². The molecule has 2 aliphatic heterocycles. The van der Waals surface area contributed by atoms with Crippen molar-refractivity contribution < 1.29 is 22.4 Å². The van der Waals surface area contributed by atoms with Crippen LogP contribution in [0.1, 0.15) is 65.0 Å². The Morgan fingerprint density at radius 3 is 2.19 bits per heavy atom. The summed E-state index contributed by atoms with van der Waals surface area (Å²) in [5.74, 6) is -0.554. The van der Waals surface area contributed by atoms with Gasteiger partial charge in [0.1, 0.15) is 5.82 Å². The molecule has 0 atom stereocenters. The summed E-state index contributed by atoms with van der Waals surface area (Å²) < 4.78 is 51.0. The fourth-order valence-corrected chi connectivity index (χ4v) is 6.95. The number of aryl methyl sites for hydroxylation is 1. The van der Waals surface area contributed by atoms with Crippen LogP contribution in [0.15, 0.2) is 82.1 Å². The monoisotopic (exact) mass is 644 g/mol. The summed E-state index contributed by atoms with van der Waals surface area (Å²) in [6.07, 6.45) is -0.606. The van der Waals surface area contributed by atoms with Gasteiger partial charge in [-0.05, 0) is 60.9 Å². The van der Waals surface area contributed by atoms with Crippen LogP contribution in [0, 0.1) is 0 Å². The van der Waals surface area contributed by atoms with Crippen molar-refractivity contribution in [1.82, 2.24) is 19.1 Å². The number of hydrogen-bond donors (Lipinski definition) is 0. The van der Waals surface area contributed by atoms with E-state index in [9.17, 15) is 22.8 Å². The number of fused-ring (bicyclic) bond motifs is 1. The number of carbonyl (C=O) groups is 1. The van der Waals surface area contributed by atoms with Gasteiger partial charge in [-0.3, -0.25) is 13.9 Å². The van der Waals surface area contributed by atoms with Gasteiger partial charge < -0.3 is 14.2 Å².